The zero-order valence-corrected chi connectivity index (χ0v) is 9.04. The molecule has 4 heteroatoms. The van der Waals surface area contributed by atoms with Gasteiger partial charge in [0.2, 0.25) is 0 Å². The van der Waals surface area contributed by atoms with Crippen LogP contribution in [0, 0.1) is 0 Å². The third-order valence-electron chi connectivity index (χ3n) is 2.47. The molecule has 1 aliphatic rings. The molecule has 1 rings (SSSR count). The summed E-state index contributed by atoms with van der Waals surface area (Å²) in [6, 6.07) is 0.849. The average molecular weight is 202 g/mol. The molecule has 0 unspecified atom stereocenters. The van der Waals surface area contributed by atoms with Crippen molar-refractivity contribution < 1.29 is 9.84 Å². The van der Waals surface area contributed by atoms with Crippen LogP contribution in [0.15, 0.2) is 0 Å². The molecule has 0 spiro atoms. The molecule has 0 heterocycles. The van der Waals surface area contributed by atoms with E-state index in [1.165, 1.54) is 12.8 Å². The van der Waals surface area contributed by atoms with Crippen molar-refractivity contribution in [2.75, 3.05) is 46.5 Å². The number of hydrogen-bond acceptors (Lipinski definition) is 4. The van der Waals surface area contributed by atoms with Gasteiger partial charge in [-0.3, -0.25) is 0 Å². The highest BCUT2D eigenvalue weighted by molar-refractivity contribution is 4.82. The van der Waals surface area contributed by atoms with Gasteiger partial charge in [-0.1, -0.05) is 0 Å². The van der Waals surface area contributed by atoms with Crippen molar-refractivity contribution in [1.29, 1.82) is 0 Å². The lowest BCUT2D eigenvalue weighted by Gasteiger charge is -2.15. The van der Waals surface area contributed by atoms with Crippen LogP contribution in [-0.4, -0.2) is 62.6 Å². The van der Waals surface area contributed by atoms with Crippen molar-refractivity contribution in [3.63, 3.8) is 0 Å². The third-order valence-corrected chi connectivity index (χ3v) is 2.47. The molecule has 4 nitrogen and oxygen atoms in total. The van der Waals surface area contributed by atoms with E-state index < -0.39 is 0 Å². The van der Waals surface area contributed by atoms with E-state index in [0.717, 1.165) is 25.7 Å². The van der Waals surface area contributed by atoms with Crippen molar-refractivity contribution >= 4 is 0 Å². The summed E-state index contributed by atoms with van der Waals surface area (Å²) in [5, 5.41) is 11.8. The lowest BCUT2D eigenvalue weighted by atomic mass is 10.5. The molecule has 0 aromatic heterocycles. The fourth-order valence-corrected chi connectivity index (χ4v) is 1.39. The number of rotatable bonds is 9. The van der Waals surface area contributed by atoms with Crippen LogP contribution in [0.5, 0.6) is 0 Å². The van der Waals surface area contributed by atoms with Gasteiger partial charge in [0.05, 0.1) is 19.8 Å². The Morgan fingerprint density at radius 1 is 1.36 bits per heavy atom. The number of nitrogens with zero attached hydrogens (tertiary/aromatic N) is 1. The zero-order valence-electron chi connectivity index (χ0n) is 9.04. The second kappa shape index (κ2) is 7.17. The minimum absolute atomic E-state index is 0.115. The van der Waals surface area contributed by atoms with E-state index in [0.29, 0.717) is 13.2 Å². The molecule has 0 saturated heterocycles. The SMILES string of the molecule is CN(CCNCCOCCO)C1CC1. The first-order valence-electron chi connectivity index (χ1n) is 5.44. The maximum atomic E-state index is 8.46. The monoisotopic (exact) mass is 202 g/mol. The number of likely N-dealkylation sites (N-methyl/N-ethyl adjacent to an activating group) is 1. The second-order valence-corrected chi connectivity index (χ2v) is 3.80. The minimum Gasteiger partial charge on any atom is -0.394 e. The predicted molar refractivity (Wildman–Crippen MR) is 56.4 cm³/mol. The predicted octanol–water partition coefficient (Wildman–Crippen LogP) is -0.321. The first kappa shape index (κ1) is 11.9. The summed E-state index contributed by atoms with van der Waals surface area (Å²) in [5.41, 5.74) is 0. The number of nitrogens with one attached hydrogen (secondary N) is 1. The molecule has 84 valence electrons. The average Bonchev–Trinajstić information content (AvgIpc) is 2.99. The van der Waals surface area contributed by atoms with Crippen LogP contribution in [0.1, 0.15) is 12.8 Å². The van der Waals surface area contributed by atoms with E-state index in [2.05, 4.69) is 17.3 Å². The van der Waals surface area contributed by atoms with Crippen molar-refractivity contribution in [2.24, 2.45) is 0 Å². The van der Waals surface area contributed by atoms with Crippen LogP contribution in [0.3, 0.4) is 0 Å². The number of aliphatic hydroxyl groups is 1. The van der Waals surface area contributed by atoms with Crippen molar-refractivity contribution in [3.05, 3.63) is 0 Å². The summed E-state index contributed by atoms with van der Waals surface area (Å²) in [6.07, 6.45) is 2.74. The molecule has 14 heavy (non-hydrogen) atoms. The largest absolute Gasteiger partial charge is 0.394 e. The van der Waals surface area contributed by atoms with E-state index in [4.69, 9.17) is 9.84 Å². The molecular formula is C10H22N2O2. The smallest absolute Gasteiger partial charge is 0.0698 e. The third kappa shape index (κ3) is 5.54. The van der Waals surface area contributed by atoms with Gasteiger partial charge in [0.15, 0.2) is 0 Å². The highest BCUT2D eigenvalue weighted by Gasteiger charge is 2.25. The molecule has 0 bridgehead atoms. The Labute approximate surface area is 86.2 Å². The second-order valence-electron chi connectivity index (χ2n) is 3.80. The summed E-state index contributed by atoms with van der Waals surface area (Å²) in [4.78, 5) is 2.40. The fourth-order valence-electron chi connectivity index (χ4n) is 1.39. The number of hydrogen-bond donors (Lipinski definition) is 2. The molecular weight excluding hydrogens is 180 g/mol. The Kier molecular flexibility index (Phi) is 6.10. The lowest BCUT2D eigenvalue weighted by Crippen LogP contribution is -2.32. The van der Waals surface area contributed by atoms with Crippen LogP contribution in [0.2, 0.25) is 0 Å². The standard InChI is InChI=1S/C10H22N2O2/c1-12(10-2-3-10)6-4-11-5-8-14-9-7-13/h10-11,13H,2-9H2,1H3. The van der Waals surface area contributed by atoms with Gasteiger partial charge in [-0.05, 0) is 19.9 Å². The summed E-state index contributed by atoms with van der Waals surface area (Å²) in [7, 11) is 2.18. The Bertz CT molecular complexity index is 140. The summed E-state index contributed by atoms with van der Waals surface area (Å²) in [6.45, 7) is 4.26. The first-order chi connectivity index (χ1) is 6.84. The van der Waals surface area contributed by atoms with E-state index in [-0.39, 0.29) is 6.61 Å². The van der Waals surface area contributed by atoms with Crippen LogP contribution in [0.25, 0.3) is 0 Å². The topological polar surface area (TPSA) is 44.7 Å². The van der Waals surface area contributed by atoms with Gasteiger partial charge >= 0.3 is 0 Å². The molecule has 0 atom stereocenters. The van der Waals surface area contributed by atoms with Crippen molar-refractivity contribution in [2.45, 2.75) is 18.9 Å². The van der Waals surface area contributed by atoms with Gasteiger partial charge in [-0.2, -0.15) is 0 Å². The molecule has 2 N–H and O–H groups in total. The Morgan fingerprint density at radius 2 is 2.14 bits per heavy atom. The van der Waals surface area contributed by atoms with E-state index in [1.807, 2.05) is 0 Å². The maximum absolute atomic E-state index is 8.46. The van der Waals surface area contributed by atoms with E-state index >= 15 is 0 Å². The molecule has 0 aromatic carbocycles. The molecule has 1 fully saturated rings. The highest BCUT2D eigenvalue weighted by atomic mass is 16.5. The molecule has 0 radical (unpaired) electrons. The van der Waals surface area contributed by atoms with Gasteiger partial charge in [0.1, 0.15) is 0 Å². The van der Waals surface area contributed by atoms with Gasteiger partial charge in [-0.25, -0.2) is 0 Å². The fraction of sp³-hybridized carbons (Fsp3) is 1.00. The van der Waals surface area contributed by atoms with Gasteiger partial charge in [0.25, 0.3) is 0 Å². The van der Waals surface area contributed by atoms with Crippen LogP contribution in [0.4, 0.5) is 0 Å². The van der Waals surface area contributed by atoms with E-state index in [9.17, 15) is 0 Å². The Balaban J connectivity index is 1.75. The normalized spacial score (nSPS) is 16.5. The van der Waals surface area contributed by atoms with E-state index in [1.54, 1.807) is 0 Å². The number of aliphatic hydroxyl groups excluding tert-OH is 1. The molecule has 1 saturated carbocycles. The summed E-state index contributed by atoms with van der Waals surface area (Å²) >= 11 is 0. The molecule has 0 aliphatic heterocycles. The minimum atomic E-state index is 0.115. The first-order valence-corrected chi connectivity index (χ1v) is 5.44. The van der Waals surface area contributed by atoms with Crippen molar-refractivity contribution in [3.8, 4) is 0 Å². The quantitative estimate of drug-likeness (QED) is 0.503. The van der Waals surface area contributed by atoms with Crippen LogP contribution < -0.4 is 5.32 Å². The van der Waals surface area contributed by atoms with Crippen molar-refractivity contribution in [1.82, 2.24) is 10.2 Å². The highest BCUT2D eigenvalue weighted by Crippen LogP contribution is 2.24. The molecule has 0 amide bonds. The zero-order chi connectivity index (χ0) is 10.2. The van der Waals surface area contributed by atoms with Gasteiger partial charge < -0.3 is 20.1 Å². The maximum Gasteiger partial charge on any atom is 0.0698 e. The molecule has 1 aliphatic carbocycles. The van der Waals surface area contributed by atoms with Crippen LogP contribution >= 0.6 is 0 Å². The molecule has 0 aromatic rings. The Hall–Kier alpha value is -0.160. The Morgan fingerprint density at radius 3 is 2.79 bits per heavy atom. The summed E-state index contributed by atoms with van der Waals surface area (Å²) in [5.74, 6) is 0. The van der Waals surface area contributed by atoms with Gasteiger partial charge in [-0.15, -0.1) is 0 Å². The number of ether oxygens (including phenoxy) is 1. The van der Waals surface area contributed by atoms with Crippen LogP contribution in [-0.2, 0) is 4.74 Å². The van der Waals surface area contributed by atoms with Gasteiger partial charge in [0, 0.05) is 25.7 Å². The lowest BCUT2D eigenvalue weighted by molar-refractivity contribution is 0.0936. The summed E-state index contributed by atoms with van der Waals surface area (Å²) < 4.78 is 5.12.